The van der Waals surface area contributed by atoms with E-state index in [9.17, 15) is 9.90 Å². The number of carboxylic acid groups (broad SMARTS) is 1. The van der Waals surface area contributed by atoms with Gasteiger partial charge in [0.05, 0.1) is 5.97 Å². The van der Waals surface area contributed by atoms with E-state index in [2.05, 4.69) is 0 Å². The number of phenolic OH excluding ortho intramolecular Hbond substituents is 1. The van der Waals surface area contributed by atoms with Gasteiger partial charge in [-0.1, -0.05) is 12.1 Å². The summed E-state index contributed by atoms with van der Waals surface area (Å²) in [5, 5.41) is 19.2. The Morgan fingerprint density at radius 1 is 1.33 bits per heavy atom. The number of phenols is 1. The number of aromatic hydroxyl groups is 1. The monoisotopic (exact) mass is 226 g/mol. The second-order valence-electron chi connectivity index (χ2n) is 2.80. The first kappa shape index (κ1) is 17.8. The van der Waals surface area contributed by atoms with E-state index in [-0.39, 0.29) is 71.3 Å². The van der Waals surface area contributed by atoms with Gasteiger partial charge in [-0.05, 0) is 24.1 Å². The van der Waals surface area contributed by atoms with Gasteiger partial charge in [0.1, 0.15) is 5.75 Å². The minimum atomic E-state index is -1.27. The fraction of sp³-hybridized carbons (Fsp3) is 0.222. The summed E-state index contributed by atoms with van der Waals surface area (Å²) >= 11 is 0. The van der Waals surface area contributed by atoms with Crippen LogP contribution in [0.25, 0.3) is 0 Å². The van der Waals surface area contributed by atoms with Gasteiger partial charge in [-0.3, -0.25) is 0 Å². The minimum absolute atomic E-state index is 0. The number of rotatable bonds is 3. The Hall–Kier alpha value is 0.450. The largest absolute Gasteiger partial charge is 1.00 e. The molecule has 0 aliphatic heterocycles. The molecule has 4 nitrogen and oxygen atoms in total. The summed E-state index contributed by atoms with van der Waals surface area (Å²) in [4.78, 5) is 10.3. The topological polar surface area (TPSA) is 86.4 Å². The van der Waals surface area contributed by atoms with Gasteiger partial charge in [-0.15, -0.1) is 0 Å². The van der Waals surface area contributed by atoms with Gasteiger partial charge < -0.3 is 20.7 Å². The maximum atomic E-state index is 10.3. The minimum Gasteiger partial charge on any atom is -0.548 e. The molecule has 0 heterocycles. The van der Waals surface area contributed by atoms with Crippen LogP contribution < -0.4 is 70.0 Å². The molecule has 0 saturated heterocycles. The normalized spacial score (nSPS) is 10.7. The molecule has 0 radical (unpaired) electrons. The van der Waals surface area contributed by atoms with Crippen molar-refractivity contribution in [2.24, 2.45) is 5.73 Å². The van der Waals surface area contributed by atoms with Gasteiger partial charge in [-0.2, -0.15) is 0 Å². The van der Waals surface area contributed by atoms with Crippen LogP contribution in [0.1, 0.15) is 5.56 Å². The van der Waals surface area contributed by atoms with Crippen molar-refractivity contribution in [1.82, 2.24) is 0 Å². The first-order valence-corrected chi connectivity index (χ1v) is 3.84. The van der Waals surface area contributed by atoms with E-state index < -0.39 is 12.0 Å². The van der Waals surface area contributed by atoms with Crippen molar-refractivity contribution in [2.75, 3.05) is 0 Å². The number of carbonyl (C=O) groups is 1. The van der Waals surface area contributed by atoms with Crippen molar-refractivity contribution >= 4 is 5.97 Å². The molecule has 1 atom stereocenters. The van der Waals surface area contributed by atoms with E-state index in [0.717, 1.165) is 5.56 Å². The zero-order valence-electron chi connectivity index (χ0n) is 8.93. The molecule has 1 aromatic rings. The van der Waals surface area contributed by atoms with Crippen molar-refractivity contribution in [2.45, 2.75) is 12.5 Å². The van der Waals surface area contributed by atoms with Gasteiger partial charge >= 0.3 is 59.1 Å². The maximum absolute atomic E-state index is 10.3. The van der Waals surface area contributed by atoms with Gasteiger partial charge in [0.15, 0.2) is 0 Å². The second-order valence-corrected chi connectivity index (χ2v) is 2.80. The van der Waals surface area contributed by atoms with E-state index in [1.165, 1.54) is 12.1 Å². The van der Waals surface area contributed by atoms with Crippen LogP contribution in [0.4, 0.5) is 0 Å². The van der Waals surface area contributed by atoms with Crippen molar-refractivity contribution in [3.63, 3.8) is 0 Å². The number of carboxylic acids is 1. The Kier molecular flexibility index (Phi) is 10.2. The third-order valence-electron chi connectivity index (χ3n) is 1.69. The number of benzene rings is 1. The molecule has 0 saturated carbocycles. The molecule has 0 bridgehead atoms. The van der Waals surface area contributed by atoms with Gasteiger partial charge in [0.25, 0.3) is 0 Å². The third kappa shape index (κ3) is 6.58. The average molecular weight is 226 g/mol. The Bertz CT molecular complexity index is 303. The molecule has 6 heteroatoms. The average Bonchev–Trinajstić information content (AvgIpc) is 2.08. The smallest absolute Gasteiger partial charge is 0.548 e. The molecule has 0 fully saturated rings. The zero-order valence-corrected chi connectivity index (χ0v) is 12.9. The molecule has 3 N–H and O–H groups in total. The standard InChI is InChI=1S/C9H11NO3.2Na/c10-8(9(12)13)5-6-1-3-7(11)4-2-6;;/h1-4,8,11H,5,10H2,(H,12,13);;/q;2*+1/p-1/t8-;;/m0../s1. The molecule has 15 heavy (non-hydrogen) atoms. The maximum Gasteiger partial charge on any atom is 1.00 e. The van der Waals surface area contributed by atoms with Crippen LogP contribution >= 0.6 is 0 Å². The summed E-state index contributed by atoms with van der Waals surface area (Å²) in [6.07, 6.45) is 0.211. The molecule has 0 aliphatic carbocycles. The summed E-state index contributed by atoms with van der Waals surface area (Å²) in [5.41, 5.74) is 6.02. The number of carbonyl (C=O) groups excluding carboxylic acids is 1. The number of aliphatic carboxylic acids is 1. The molecule has 1 rings (SSSR count). The van der Waals surface area contributed by atoms with Crippen LogP contribution in [-0.2, 0) is 11.2 Å². The van der Waals surface area contributed by atoms with Crippen LogP contribution in [0.2, 0.25) is 0 Å². The summed E-state index contributed by atoms with van der Waals surface area (Å²) in [5.74, 6) is -1.13. The van der Waals surface area contributed by atoms with E-state index in [1.807, 2.05) is 0 Å². The summed E-state index contributed by atoms with van der Waals surface area (Å²) in [7, 11) is 0. The van der Waals surface area contributed by atoms with Crippen LogP contribution in [-0.4, -0.2) is 17.1 Å². The van der Waals surface area contributed by atoms with Crippen LogP contribution in [0, 0.1) is 0 Å². The third-order valence-corrected chi connectivity index (χ3v) is 1.69. The van der Waals surface area contributed by atoms with E-state index >= 15 is 0 Å². The van der Waals surface area contributed by atoms with Crippen molar-refractivity contribution in [3.8, 4) is 5.75 Å². The number of nitrogens with two attached hydrogens (primary N) is 1. The molecule has 0 unspecified atom stereocenters. The predicted molar refractivity (Wildman–Crippen MR) is 44.8 cm³/mol. The SMILES string of the molecule is N[C@@H](Cc1ccc(O)cc1)C(=O)[O-].[Na+].[Na+]. The van der Waals surface area contributed by atoms with E-state index in [4.69, 9.17) is 10.8 Å². The molecule has 0 aliphatic rings. The molecule has 1 aromatic carbocycles. The molecule has 0 amide bonds. The van der Waals surface area contributed by atoms with Crippen LogP contribution in [0.15, 0.2) is 24.3 Å². The van der Waals surface area contributed by atoms with E-state index in [1.54, 1.807) is 12.1 Å². The number of hydrogen-bond acceptors (Lipinski definition) is 4. The van der Waals surface area contributed by atoms with Crippen molar-refractivity contribution in [1.29, 1.82) is 0 Å². The summed E-state index contributed by atoms with van der Waals surface area (Å²) < 4.78 is 0. The number of hydrogen-bond donors (Lipinski definition) is 2. The summed E-state index contributed by atoms with van der Waals surface area (Å²) in [6.45, 7) is 0. The predicted octanol–water partition coefficient (Wildman–Crippen LogP) is -6.98. The Morgan fingerprint density at radius 2 is 1.80 bits per heavy atom. The zero-order chi connectivity index (χ0) is 9.84. The van der Waals surface area contributed by atoms with Crippen LogP contribution in [0.5, 0.6) is 5.75 Å². The molecule has 0 spiro atoms. The Labute approximate surface area is 132 Å². The fourth-order valence-electron chi connectivity index (χ4n) is 0.969. The molecular formula is C9H10NNa2O3+. The Morgan fingerprint density at radius 3 is 2.20 bits per heavy atom. The van der Waals surface area contributed by atoms with E-state index in [0.29, 0.717) is 0 Å². The quantitative estimate of drug-likeness (QED) is 0.501. The van der Waals surface area contributed by atoms with Gasteiger partial charge in [0, 0.05) is 6.04 Å². The first-order chi connectivity index (χ1) is 6.09. The second kappa shape index (κ2) is 8.58. The fourth-order valence-corrected chi connectivity index (χ4v) is 0.969. The molecule has 70 valence electrons. The molecular weight excluding hydrogens is 216 g/mol. The van der Waals surface area contributed by atoms with Gasteiger partial charge in [-0.25, -0.2) is 0 Å². The Balaban J connectivity index is 0. The van der Waals surface area contributed by atoms with Crippen LogP contribution in [0.3, 0.4) is 0 Å². The molecule has 0 aromatic heterocycles. The van der Waals surface area contributed by atoms with Gasteiger partial charge in [0.2, 0.25) is 0 Å². The van der Waals surface area contributed by atoms with Crippen molar-refractivity contribution in [3.05, 3.63) is 29.8 Å². The van der Waals surface area contributed by atoms with Crippen molar-refractivity contribution < 1.29 is 74.1 Å². The summed E-state index contributed by atoms with van der Waals surface area (Å²) in [6, 6.07) is 5.22. The first-order valence-electron chi connectivity index (χ1n) is 3.84.